The summed E-state index contributed by atoms with van der Waals surface area (Å²) < 4.78 is 0. The van der Waals surface area contributed by atoms with Gasteiger partial charge in [0.2, 0.25) is 0 Å². The lowest BCUT2D eigenvalue weighted by Gasteiger charge is -2.46. The summed E-state index contributed by atoms with van der Waals surface area (Å²) in [6, 6.07) is 0.771. The van der Waals surface area contributed by atoms with Crippen LogP contribution in [0.5, 0.6) is 0 Å². The first-order valence-corrected chi connectivity index (χ1v) is 8.37. The van der Waals surface area contributed by atoms with Crippen molar-refractivity contribution in [3.63, 3.8) is 0 Å². The van der Waals surface area contributed by atoms with Crippen molar-refractivity contribution in [1.82, 2.24) is 5.32 Å². The van der Waals surface area contributed by atoms with Crippen LogP contribution in [-0.4, -0.2) is 13.1 Å². The van der Waals surface area contributed by atoms with E-state index in [1.165, 1.54) is 64.2 Å². The zero-order valence-electron chi connectivity index (χ0n) is 12.8. The predicted octanol–water partition coefficient (Wildman–Crippen LogP) is 4.76. The van der Waals surface area contributed by atoms with E-state index in [9.17, 15) is 0 Å². The summed E-state index contributed by atoms with van der Waals surface area (Å²) in [6.07, 6.45) is 14.6. The van der Waals surface area contributed by atoms with Gasteiger partial charge in [0.05, 0.1) is 0 Å². The lowest BCUT2D eigenvalue weighted by molar-refractivity contribution is 0.0775. The third-order valence-corrected chi connectivity index (χ3v) is 5.93. The van der Waals surface area contributed by atoms with E-state index in [2.05, 4.69) is 26.2 Å². The summed E-state index contributed by atoms with van der Waals surface area (Å²) in [5.74, 6) is 1.95. The summed E-state index contributed by atoms with van der Waals surface area (Å²) in [4.78, 5) is 0. The molecule has 3 unspecified atom stereocenters. The van der Waals surface area contributed by atoms with E-state index in [0.717, 1.165) is 17.9 Å². The van der Waals surface area contributed by atoms with Gasteiger partial charge in [-0.1, -0.05) is 52.4 Å². The van der Waals surface area contributed by atoms with E-state index in [1.807, 2.05) is 0 Å². The van der Waals surface area contributed by atoms with Crippen LogP contribution in [0.25, 0.3) is 0 Å². The largest absolute Gasteiger partial charge is 0.316 e. The summed E-state index contributed by atoms with van der Waals surface area (Å²) >= 11 is 0. The van der Waals surface area contributed by atoms with Crippen molar-refractivity contribution in [3.05, 3.63) is 0 Å². The van der Waals surface area contributed by atoms with E-state index in [0.29, 0.717) is 5.41 Å². The van der Waals surface area contributed by atoms with Gasteiger partial charge in [-0.25, -0.2) is 0 Å². The molecule has 2 aliphatic rings. The Morgan fingerprint density at radius 3 is 2.44 bits per heavy atom. The maximum absolute atomic E-state index is 3.73. The van der Waals surface area contributed by atoms with Gasteiger partial charge in [0.15, 0.2) is 0 Å². The molecule has 18 heavy (non-hydrogen) atoms. The lowest BCUT2D eigenvalue weighted by Crippen LogP contribution is -2.49. The Morgan fingerprint density at radius 2 is 1.83 bits per heavy atom. The number of rotatable bonds is 4. The van der Waals surface area contributed by atoms with Crippen molar-refractivity contribution in [2.75, 3.05) is 7.05 Å². The highest BCUT2D eigenvalue weighted by Gasteiger charge is 2.40. The molecule has 0 amide bonds. The third-order valence-electron chi connectivity index (χ3n) is 5.93. The highest BCUT2D eigenvalue weighted by atomic mass is 14.9. The fourth-order valence-corrected chi connectivity index (χ4v) is 4.83. The first-order valence-electron chi connectivity index (χ1n) is 8.37. The molecule has 2 fully saturated rings. The Labute approximate surface area is 114 Å². The van der Waals surface area contributed by atoms with Gasteiger partial charge in [-0.2, -0.15) is 0 Å². The first-order chi connectivity index (χ1) is 8.69. The molecule has 0 saturated heterocycles. The molecule has 0 aromatic carbocycles. The zero-order chi connectivity index (χ0) is 13.0. The van der Waals surface area contributed by atoms with Crippen molar-refractivity contribution in [2.24, 2.45) is 17.3 Å². The van der Waals surface area contributed by atoms with Gasteiger partial charge < -0.3 is 5.32 Å². The van der Waals surface area contributed by atoms with Crippen LogP contribution < -0.4 is 5.32 Å². The topological polar surface area (TPSA) is 12.0 Å². The quantitative estimate of drug-likeness (QED) is 0.759. The molecular formula is C17H33N. The number of hydrogen-bond acceptors (Lipinski definition) is 1. The first kappa shape index (κ1) is 14.4. The van der Waals surface area contributed by atoms with Crippen LogP contribution in [-0.2, 0) is 0 Å². The number of nitrogens with one attached hydrogen (secondary N) is 1. The van der Waals surface area contributed by atoms with Crippen LogP contribution in [0.3, 0.4) is 0 Å². The Morgan fingerprint density at radius 1 is 1.11 bits per heavy atom. The maximum Gasteiger partial charge on any atom is 0.0146 e. The molecule has 0 bridgehead atoms. The summed E-state index contributed by atoms with van der Waals surface area (Å²) in [5.41, 5.74) is 0.577. The van der Waals surface area contributed by atoms with Gasteiger partial charge in [-0.3, -0.25) is 0 Å². The Kier molecular flexibility index (Phi) is 5.12. The molecule has 1 heteroatoms. The Bertz CT molecular complexity index is 242. The third kappa shape index (κ3) is 3.10. The maximum atomic E-state index is 3.73. The minimum absolute atomic E-state index is 0.577. The molecule has 2 saturated carbocycles. The van der Waals surface area contributed by atoms with Crippen molar-refractivity contribution in [2.45, 2.75) is 84.1 Å². The van der Waals surface area contributed by atoms with E-state index >= 15 is 0 Å². The van der Waals surface area contributed by atoms with Gasteiger partial charge in [0, 0.05) is 6.04 Å². The minimum atomic E-state index is 0.577. The molecular weight excluding hydrogens is 218 g/mol. The molecule has 1 N–H and O–H groups in total. The van der Waals surface area contributed by atoms with Crippen LogP contribution in [0, 0.1) is 17.3 Å². The smallest absolute Gasteiger partial charge is 0.0146 e. The lowest BCUT2D eigenvalue weighted by atomic mass is 9.63. The molecule has 0 aliphatic heterocycles. The number of hydrogen-bond donors (Lipinski definition) is 1. The molecule has 106 valence electrons. The summed E-state index contributed by atoms with van der Waals surface area (Å²) in [7, 11) is 2.21. The fraction of sp³-hybridized carbons (Fsp3) is 1.00. The highest BCUT2D eigenvalue weighted by Crippen LogP contribution is 2.45. The molecule has 2 aliphatic carbocycles. The van der Waals surface area contributed by atoms with E-state index < -0.39 is 0 Å². The predicted molar refractivity (Wildman–Crippen MR) is 79.8 cm³/mol. The van der Waals surface area contributed by atoms with Gasteiger partial charge in [-0.05, 0) is 50.0 Å². The van der Waals surface area contributed by atoms with Crippen molar-refractivity contribution < 1.29 is 0 Å². The van der Waals surface area contributed by atoms with Gasteiger partial charge in [0.1, 0.15) is 0 Å². The second-order valence-corrected chi connectivity index (χ2v) is 7.18. The van der Waals surface area contributed by atoms with Gasteiger partial charge >= 0.3 is 0 Å². The molecule has 0 radical (unpaired) electrons. The summed E-state index contributed by atoms with van der Waals surface area (Å²) in [6.45, 7) is 4.94. The molecule has 0 spiro atoms. The molecule has 0 aromatic rings. The van der Waals surface area contributed by atoms with Gasteiger partial charge in [-0.15, -0.1) is 0 Å². The molecule has 1 nitrogen and oxygen atoms in total. The minimum Gasteiger partial charge on any atom is -0.316 e. The molecule has 3 atom stereocenters. The SMILES string of the molecule is CCC1CCCC(C(NC)C2(C)CCCCC2)C1. The van der Waals surface area contributed by atoms with Crippen LogP contribution in [0.15, 0.2) is 0 Å². The average Bonchev–Trinajstić information content (AvgIpc) is 2.40. The van der Waals surface area contributed by atoms with E-state index in [1.54, 1.807) is 0 Å². The normalized spacial score (nSPS) is 34.2. The molecule has 0 aromatic heterocycles. The van der Waals surface area contributed by atoms with E-state index in [-0.39, 0.29) is 0 Å². The monoisotopic (exact) mass is 251 g/mol. The fourth-order valence-electron chi connectivity index (χ4n) is 4.83. The second kappa shape index (κ2) is 6.41. The van der Waals surface area contributed by atoms with Gasteiger partial charge in [0.25, 0.3) is 0 Å². The highest BCUT2D eigenvalue weighted by molar-refractivity contribution is 4.94. The molecule has 0 heterocycles. The van der Waals surface area contributed by atoms with Crippen molar-refractivity contribution in [1.29, 1.82) is 0 Å². The average molecular weight is 251 g/mol. The zero-order valence-corrected chi connectivity index (χ0v) is 12.8. The van der Waals surface area contributed by atoms with Crippen molar-refractivity contribution >= 4 is 0 Å². The second-order valence-electron chi connectivity index (χ2n) is 7.18. The Hall–Kier alpha value is -0.0400. The van der Waals surface area contributed by atoms with Crippen LogP contribution >= 0.6 is 0 Å². The summed E-state index contributed by atoms with van der Waals surface area (Å²) in [5, 5.41) is 3.73. The standard InChI is InChI=1S/C17H33N/c1-4-14-9-8-10-15(13-14)16(18-3)17(2)11-6-5-7-12-17/h14-16,18H,4-13H2,1-3H3. The van der Waals surface area contributed by atoms with E-state index in [4.69, 9.17) is 0 Å². The van der Waals surface area contributed by atoms with Crippen LogP contribution in [0.4, 0.5) is 0 Å². The van der Waals surface area contributed by atoms with Crippen LogP contribution in [0.1, 0.15) is 78.1 Å². The van der Waals surface area contributed by atoms with Crippen LogP contribution in [0.2, 0.25) is 0 Å². The molecule has 2 rings (SSSR count). The Balaban J connectivity index is 2.02. The van der Waals surface area contributed by atoms with Crippen molar-refractivity contribution in [3.8, 4) is 0 Å².